The van der Waals surface area contributed by atoms with E-state index in [4.69, 9.17) is 0 Å². The van der Waals surface area contributed by atoms with Crippen LogP contribution in [0.15, 0.2) is 24.3 Å². The van der Waals surface area contributed by atoms with Crippen molar-refractivity contribution in [1.29, 1.82) is 0 Å². The van der Waals surface area contributed by atoms with Crippen molar-refractivity contribution >= 4 is 15.9 Å². The Morgan fingerprint density at radius 3 is 2.32 bits per heavy atom. The monoisotopic (exact) mass is 285 g/mol. The van der Waals surface area contributed by atoms with Gasteiger partial charge in [-0.25, -0.2) is 0 Å². The van der Waals surface area contributed by atoms with E-state index >= 15 is 0 Å². The molecule has 5 nitrogen and oxygen atoms in total. The van der Waals surface area contributed by atoms with Gasteiger partial charge in [-0.05, 0) is 30.2 Å². The molecule has 0 heterocycles. The minimum atomic E-state index is -3.48. The molecular formula is C13H23N3O2S. The third-order valence-corrected chi connectivity index (χ3v) is 3.52. The Bertz CT molecular complexity index is 469. The van der Waals surface area contributed by atoms with Crippen molar-refractivity contribution in [2.75, 3.05) is 17.8 Å². The zero-order chi connectivity index (χ0) is 14.3. The Kier molecular flexibility index (Phi) is 6.27. The van der Waals surface area contributed by atoms with E-state index in [1.165, 1.54) is 0 Å². The maximum atomic E-state index is 11.7. The molecule has 19 heavy (non-hydrogen) atoms. The summed E-state index contributed by atoms with van der Waals surface area (Å²) in [5, 5.41) is 3.21. The van der Waals surface area contributed by atoms with Gasteiger partial charge in [0.15, 0.2) is 0 Å². The average Bonchev–Trinajstić information content (AvgIpc) is 2.35. The zero-order valence-electron chi connectivity index (χ0n) is 11.7. The van der Waals surface area contributed by atoms with Gasteiger partial charge >= 0.3 is 0 Å². The van der Waals surface area contributed by atoms with Crippen LogP contribution in [0.1, 0.15) is 26.3 Å². The first-order valence-corrected chi connectivity index (χ1v) is 7.98. The Morgan fingerprint density at radius 1 is 1.16 bits per heavy atom. The lowest BCUT2D eigenvalue weighted by Crippen LogP contribution is -2.32. The minimum Gasteiger partial charge on any atom is -0.313 e. The average molecular weight is 285 g/mol. The number of hydrogen-bond donors (Lipinski definition) is 3. The third kappa shape index (κ3) is 6.56. The van der Waals surface area contributed by atoms with Crippen LogP contribution in [-0.2, 0) is 16.8 Å². The van der Waals surface area contributed by atoms with Gasteiger partial charge in [0.1, 0.15) is 0 Å². The molecule has 0 aromatic heterocycles. The first-order chi connectivity index (χ1) is 8.93. The Morgan fingerprint density at radius 2 is 1.79 bits per heavy atom. The summed E-state index contributed by atoms with van der Waals surface area (Å²) in [7, 11) is -3.48. The quantitative estimate of drug-likeness (QED) is 0.681. The second-order valence-electron chi connectivity index (χ2n) is 4.83. The highest BCUT2D eigenvalue weighted by molar-refractivity contribution is 7.90. The van der Waals surface area contributed by atoms with E-state index in [1.807, 2.05) is 32.9 Å². The fourth-order valence-electron chi connectivity index (χ4n) is 1.43. The summed E-state index contributed by atoms with van der Waals surface area (Å²) in [6.45, 7) is 8.08. The van der Waals surface area contributed by atoms with Crippen molar-refractivity contribution in [1.82, 2.24) is 10.0 Å². The van der Waals surface area contributed by atoms with Gasteiger partial charge in [-0.3, -0.25) is 4.72 Å². The molecule has 0 spiro atoms. The van der Waals surface area contributed by atoms with Crippen LogP contribution in [0.3, 0.4) is 0 Å². The molecule has 0 unspecified atom stereocenters. The molecule has 0 saturated carbocycles. The summed E-state index contributed by atoms with van der Waals surface area (Å²) in [6, 6.07) is 7.34. The molecule has 3 N–H and O–H groups in total. The molecule has 1 aromatic carbocycles. The van der Waals surface area contributed by atoms with E-state index in [0.717, 1.165) is 18.7 Å². The van der Waals surface area contributed by atoms with Gasteiger partial charge in [-0.2, -0.15) is 13.1 Å². The second kappa shape index (κ2) is 7.47. The minimum absolute atomic E-state index is 0.277. The molecule has 0 radical (unpaired) electrons. The number of anilines is 1. The molecule has 6 heteroatoms. The summed E-state index contributed by atoms with van der Waals surface area (Å²) >= 11 is 0. The predicted octanol–water partition coefficient (Wildman–Crippen LogP) is 1.70. The van der Waals surface area contributed by atoms with Crippen molar-refractivity contribution in [3.63, 3.8) is 0 Å². The molecule has 1 aromatic rings. The van der Waals surface area contributed by atoms with Crippen molar-refractivity contribution < 1.29 is 8.42 Å². The van der Waals surface area contributed by atoms with Crippen LogP contribution >= 0.6 is 0 Å². The number of nitrogens with one attached hydrogen (secondary N) is 3. The summed E-state index contributed by atoms with van der Waals surface area (Å²) in [6.07, 6.45) is 0. The van der Waals surface area contributed by atoms with Gasteiger partial charge < -0.3 is 5.32 Å². The highest BCUT2D eigenvalue weighted by Crippen LogP contribution is 2.10. The Balaban J connectivity index is 2.57. The van der Waals surface area contributed by atoms with Crippen LogP contribution in [0.25, 0.3) is 0 Å². The third-order valence-electron chi connectivity index (χ3n) is 2.47. The fraction of sp³-hybridized carbons (Fsp3) is 0.538. The standard InChI is InChI=1S/C13H23N3O2S/c1-4-14-10-12-5-7-13(8-6-12)16-19(17,18)15-9-11(2)3/h5-8,11,14-16H,4,9-10H2,1-3H3. The van der Waals surface area contributed by atoms with E-state index in [2.05, 4.69) is 14.8 Å². The zero-order valence-corrected chi connectivity index (χ0v) is 12.5. The number of benzene rings is 1. The van der Waals surface area contributed by atoms with Gasteiger partial charge in [0, 0.05) is 18.8 Å². The molecule has 1 rings (SSSR count). The van der Waals surface area contributed by atoms with Gasteiger partial charge in [0.25, 0.3) is 10.2 Å². The second-order valence-corrected chi connectivity index (χ2v) is 6.32. The molecule has 0 aliphatic rings. The molecule has 0 amide bonds. The predicted molar refractivity (Wildman–Crippen MR) is 79.2 cm³/mol. The molecule has 0 aliphatic carbocycles. The van der Waals surface area contributed by atoms with Gasteiger partial charge in [0.05, 0.1) is 0 Å². The first-order valence-electron chi connectivity index (χ1n) is 6.50. The number of rotatable bonds is 8. The highest BCUT2D eigenvalue weighted by Gasteiger charge is 2.09. The Labute approximate surface area is 116 Å². The molecule has 108 valence electrons. The van der Waals surface area contributed by atoms with Gasteiger partial charge in [0.2, 0.25) is 0 Å². The molecule has 0 bridgehead atoms. The van der Waals surface area contributed by atoms with E-state index in [-0.39, 0.29) is 5.92 Å². The molecule has 0 aliphatic heterocycles. The summed E-state index contributed by atoms with van der Waals surface area (Å²) < 4.78 is 28.5. The van der Waals surface area contributed by atoms with Crippen molar-refractivity contribution in [3.05, 3.63) is 29.8 Å². The molecule has 0 saturated heterocycles. The van der Waals surface area contributed by atoms with Crippen LogP contribution < -0.4 is 14.8 Å². The number of hydrogen-bond acceptors (Lipinski definition) is 3. The lowest BCUT2D eigenvalue weighted by molar-refractivity contribution is 0.565. The maximum absolute atomic E-state index is 11.7. The van der Waals surface area contributed by atoms with E-state index in [0.29, 0.717) is 12.2 Å². The van der Waals surface area contributed by atoms with Crippen LogP contribution in [0, 0.1) is 5.92 Å². The molecule has 0 atom stereocenters. The maximum Gasteiger partial charge on any atom is 0.299 e. The van der Waals surface area contributed by atoms with Crippen molar-refractivity contribution in [3.8, 4) is 0 Å². The molecular weight excluding hydrogens is 262 g/mol. The van der Waals surface area contributed by atoms with Crippen molar-refractivity contribution in [2.45, 2.75) is 27.3 Å². The van der Waals surface area contributed by atoms with Crippen LogP contribution in [0.4, 0.5) is 5.69 Å². The lowest BCUT2D eigenvalue weighted by atomic mass is 10.2. The van der Waals surface area contributed by atoms with Crippen LogP contribution in [0.5, 0.6) is 0 Å². The van der Waals surface area contributed by atoms with Crippen LogP contribution in [0.2, 0.25) is 0 Å². The lowest BCUT2D eigenvalue weighted by Gasteiger charge is -2.11. The normalized spacial score (nSPS) is 11.8. The SMILES string of the molecule is CCNCc1ccc(NS(=O)(=O)NCC(C)C)cc1. The van der Waals surface area contributed by atoms with E-state index in [1.54, 1.807) is 12.1 Å². The largest absolute Gasteiger partial charge is 0.313 e. The summed E-state index contributed by atoms with van der Waals surface area (Å²) in [4.78, 5) is 0. The fourth-order valence-corrected chi connectivity index (χ4v) is 2.50. The van der Waals surface area contributed by atoms with E-state index in [9.17, 15) is 8.42 Å². The summed E-state index contributed by atoms with van der Waals surface area (Å²) in [5.41, 5.74) is 1.69. The smallest absolute Gasteiger partial charge is 0.299 e. The van der Waals surface area contributed by atoms with Gasteiger partial charge in [-0.15, -0.1) is 0 Å². The van der Waals surface area contributed by atoms with Crippen molar-refractivity contribution in [2.24, 2.45) is 5.92 Å². The first kappa shape index (κ1) is 15.9. The Hall–Kier alpha value is -1.11. The summed E-state index contributed by atoms with van der Waals surface area (Å²) in [5.74, 6) is 0.277. The molecule has 0 fully saturated rings. The highest BCUT2D eigenvalue weighted by atomic mass is 32.2. The van der Waals surface area contributed by atoms with Crippen LogP contribution in [-0.4, -0.2) is 21.5 Å². The van der Waals surface area contributed by atoms with Gasteiger partial charge in [-0.1, -0.05) is 32.9 Å². The van der Waals surface area contributed by atoms with E-state index < -0.39 is 10.2 Å². The topological polar surface area (TPSA) is 70.2 Å².